The zero-order valence-electron chi connectivity index (χ0n) is 11.3. The topological polar surface area (TPSA) is 61.8 Å². The molecule has 0 bridgehead atoms. The molecule has 104 valence electrons. The van der Waals surface area contributed by atoms with Crippen molar-refractivity contribution in [3.8, 4) is 0 Å². The van der Waals surface area contributed by atoms with Gasteiger partial charge in [-0.25, -0.2) is 9.78 Å². The summed E-state index contributed by atoms with van der Waals surface area (Å²) in [6.45, 7) is 2.48. The number of halogens is 1. The van der Waals surface area contributed by atoms with E-state index in [1.807, 2.05) is 6.92 Å². The number of hydrogen-bond acceptors (Lipinski definition) is 3. The summed E-state index contributed by atoms with van der Waals surface area (Å²) in [6.07, 6.45) is 3.25. The molecule has 0 N–H and O–H groups in total. The predicted molar refractivity (Wildman–Crippen MR) is 77.8 cm³/mol. The summed E-state index contributed by atoms with van der Waals surface area (Å²) in [7, 11) is 3.40. The van der Waals surface area contributed by atoms with Crippen LogP contribution < -0.4 is 11.2 Å². The summed E-state index contributed by atoms with van der Waals surface area (Å²) in [5.74, 6) is 0. The molecule has 2 aromatic rings. The second-order valence-electron chi connectivity index (χ2n) is 4.75. The van der Waals surface area contributed by atoms with Crippen LogP contribution in [-0.4, -0.2) is 23.5 Å². The molecule has 0 spiro atoms. The molecule has 0 radical (unpaired) electrons. The number of rotatable bonds is 4. The molecule has 0 aliphatic rings. The van der Waals surface area contributed by atoms with Crippen molar-refractivity contribution in [1.82, 2.24) is 18.7 Å². The predicted octanol–water partition coefficient (Wildman–Crippen LogP) is 0.997. The highest BCUT2D eigenvalue weighted by atomic mass is 79.9. The number of aromatic nitrogens is 4. The third-order valence-electron chi connectivity index (χ3n) is 3.18. The van der Waals surface area contributed by atoms with E-state index in [9.17, 15) is 9.59 Å². The Morgan fingerprint density at radius 2 is 2.05 bits per heavy atom. The van der Waals surface area contributed by atoms with Gasteiger partial charge in [0.05, 0.1) is 6.33 Å². The molecule has 2 aromatic heterocycles. The van der Waals surface area contributed by atoms with Crippen molar-refractivity contribution in [2.24, 2.45) is 14.1 Å². The van der Waals surface area contributed by atoms with Gasteiger partial charge in [-0.05, 0) is 12.8 Å². The minimum absolute atomic E-state index is 0.264. The quantitative estimate of drug-likeness (QED) is 0.786. The highest BCUT2D eigenvalue weighted by Crippen LogP contribution is 2.07. The summed E-state index contributed by atoms with van der Waals surface area (Å²) in [5, 5.41) is 0. The molecule has 7 heteroatoms. The minimum Gasteiger partial charge on any atom is -0.328 e. The lowest BCUT2D eigenvalue weighted by Crippen LogP contribution is -2.39. The van der Waals surface area contributed by atoms with Gasteiger partial charge in [-0.2, -0.15) is 0 Å². The van der Waals surface area contributed by atoms with Crippen LogP contribution in [0, 0.1) is 0 Å². The fraction of sp³-hybridized carbons (Fsp3) is 0.583. The lowest BCUT2D eigenvalue weighted by atomic mass is 10.2. The van der Waals surface area contributed by atoms with Crippen LogP contribution in [0.15, 0.2) is 15.9 Å². The first-order valence-corrected chi connectivity index (χ1v) is 7.10. The summed E-state index contributed by atoms with van der Waals surface area (Å²) < 4.78 is 4.37. The standard InChI is InChI=1S/C12H17BrN4O2/c1-8(13)5-4-6-17-11(18)9-10(14-7-15(9)2)16(3)12(17)19/h7-8H,4-6H2,1-3H3. The Morgan fingerprint density at radius 1 is 1.37 bits per heavy atom. The van der Waals surface area contributed by atoms with E-state index >= 15 is 0 Å². The van der Waals surface area contributed by atoms with Gasteiger partial charge in [0.2, 0.25) is 0 Å². The first kappa shape index (κ1) is 14.0. The van der Waals surface area contributed by atoms with Crippen LogP contribution in [0.3, 0.4) is 0 Å². The Bertz CT molecular complexity index is 711. The lowest BCUT2D eigenvalue weighted by molar-refractivity contribution is 0.554. The molecule has 0 aliphatic carbocycles. The molecule has 19 heavy (non-hydrogen) atoms. The molecule has 2 rings (SSSR count). The van der Waals surface area contributed by atoms with Crippen LogP contribution in [-0.2, 0) is 20.6 Å². The highest BCUT2D eigenvalue weighted by molar-refractivity contribution is 9.09. The first-order valence-electron chi connectivity index (χ1n) is 6.18. The van der Waals surface area contributed by atoms with E-state index in [-0.39, 0.29) is 11.2 Å². The van der Waals surface area contributed by atoms with Gasteiger partial charge in [-0.3, -0.25) is 13.9 Å². The molecule has 1 unspecified atom stereocenters. The molecule has 0 saturated carbocycles. The van der Waals surface area contributed by atoms with Crippen molar-refractivity contribution in [2.75, 3.05) is 0 Å². The molecule has 0 aliphatic heterocycles. The molecular formula is C12H17BrN4O2. The average Bonchev–Trinajstić information content (AvgIpc) is 2.73. The van der Waals surface area contributed by atoms with Crippen LogP contribution >= 0.6 is 15.9 Å². The highest BCUT2D eigenvalue weighted by Gasteiger charge is 2.14. The normalized spacial score (nSPS) is 13.1. The van der Waals surface area contributed by atoms with Gasteiger partial charge < -0.3 is 4.57 Å². The molecule has 2 heterocycles. The largest absolute Gasteiger partial charge is 0.332 e. The number of nitrogens with zero attached hydrogens (tertiary/aromatic N) is 4. The van der Waals surface area contributed by atoms with Gasteiger partial charge in [0.15, 0.2) is 11.2 Å². The number of aryl methyl sites for hydroxylation is 2. The third kappa shape index (κ3) is 2.51. The maximum Gasteiger partial charge on any atom is 0.332 e. The van der Waals surface area contributed by atoms with Gasteiger partial charge in [-0.15, -0.1) is 0 Å². The van der Waals surface area contributed by atoms with Crippen LogP contribution in [0.4, 0.5) is 0 Å². The molecular weight excluding hydrogens is 312 g/mol. The monoisotopic (exact) mass is 328 g/mol. The van der Waals surface area contributed by atoms with E-state index in [0.717, 1.165) is 12.8 Å². The molecule has 0 aromatic carbocycles. The van der Waals surface area contributed by atoms with Crippen molar-refractivity contribution in [2.45, 2.75) is 31.1 Å². The Labute approximate surface area is 118 Å². The summed E-state index contributed by atoms with van der Waals surface area (Å²) in [6, 6.07) is 0. The number of imidazole rings is 1. The summed E-state index contributed by atoms with van der Waals surface area (Å²) in [4.78, 5) is 29.0. The molecule has 0 saturated heterocycles. The van der Waals surface area contributed by atoms with E-state index in [0.29, 0.717) is 22.5 Å². The van der Waals surface area contributed by atoms with Crippen LogP contribution in [0.25, 0.3) is 11.2 Å². The van der Waals surface area contributed by atoms with Crippen molar-refractivity contribution < 1.29 is 0 Å². The molecule has 0 amide bonds. The number of hydrogen-bond donors (Lipinski definition) is 0. The van der Waals surface area contributed by atoms with E-state index in [2.05, 4.69) is 20.9 Å². The fourth-order valence-corrected chi connectivity index (χ4v) is 2.45. The zero-order chi connectivity index (χ0) is 14.2. The second-order valence-corrected chi connectivity index (χ2v) is 6.31. The van der Waals surface area contributed by atoms with E-state index in [4.69, 9.17) is 0 Å². The third-order valence-corrected chi connectivity index (χ3v) is 3.64. The van der Waals surface area contributed by atoms with Crippen molar-refractivity contribution in [3.05, 3.63) is 27.2 Å². The zero-order valence-corrected chi connectivity index (χ0v) is 12.8. The smallest absolute Gasteiger partial charge is 0.328 e. The van der Waals surface area contributed by atoms with E-state index in [1.54, 1.807) is 25.0 Å². The van der Waals surface area contributed by atoms with Crippen molar-refractivity contribution in [1.29, 1.82) is 0 Å². The Kier molecular flexibility index (Phi) is 3.93. The average molecular weight is 329 g/mol. The van der Waals surface area contributed by atoms with Crippen molar-refractivity contribution >= 4 is 27.1 Å². The maximum atomic E-state index is 12.3. The minimum atomic E-state index is -0.307. The maximum absolute atomic E-state index is 12.3. The van der Waals surface area contributed by atoms with Crippen LogP contribution in [0.2, 0.25) is 0 Å². The Hall–Kier alpha value is -1.37. The second kappa shape index (κ2) is 5.32. The Balaban J connectivity index is 2.52. The van der Waals surface area contributed by atoms with Crippen LogP contribution in [0.5, 0.6) is 0 Å². The lowest BCUT2D eigenvalue weighted by Gasteiger charge is -2.09. The van der Waals surface area contributed by atoms with E-state index in [1.165, 1.54) is 9.13 Å². The van der Waals surface area contributed by atoms with E-state index < -0.39 is 0 Å². The molecule has 1 atom stereocenters. The van der Waals surface area contributed by atoms with Gasteiger partial charge in [0.25, 0.3) is 5.56 Å². The van der Waals surface area contributed by atoms with Gasteiger partial charge in [0.1, 0.15) is 0 Å². The molecule has 6 nitrogen and oxygen atoms in total. The first-order chi connectivity index (χ1) is 8.93. The SMILES string of the molecule is CC(Br)CCCn1c(=O)c2c(ncn2C)n(C)c1=O. The van der Waals surface area contributed by atoms with Gasteiger partial charge in [0, 0.05) is 25.5 Å². The van der Waals surface area contributed by atoms with Crippen LogP contribution in [0.1, 0.15) is 19.8 Å². The number of fused-ring (bicyclic) bond motifs is 1. The number of alkyl halides is 1. The summed E-state index contributed by atoms with van der Waals surface area (Å²) >= 11 is 3.46. The Morgan fingerprint density at radius 3 is 2.68 bits per heavy atom. The fourth-order valence-electron chi connectivity index (χ4n) is 2.12. The van der Waals surface area contributed by atoms with Gasteiger partial charge >= 0.3 is 5.69 Å². The summed E-state index contributed by atoms with van der Waals surface area (Å²) in [5.41, 5.74) is 0.329. The van der Waals surface area contributed by atoms with Crippen molar-refractivity contribution in [3.63, 3.8) is 0 Å². The molecule has 0 fully saturated rings. The van der Waals surface area contributed by atoms with Gasteiger partial charge in [-0.1, -0.05) is 22.9 Å².